The minimum Gasteiger partial charge on any atom is -0.212 e. The van der Waals surface area contributed by atoms with E-state index in [-0.39, 0.29) is 11.5 Å². The number of hydrogen-bond donors (Lipinski definition) is 0. The molecule has 3 nitrogen and oxygen atoms in total. The highest BCUT2D eigenvalue weighted by Gasteiger charge is 1.98. The summed E-state index contributed by atoms with van der Waals surface area (Å²) in [4.78, 5) is 0. The molecule has 5 heteroatoms. The zero-order chi connectivity index (χ0) is 9.68. The Balaban J connectivity index is 3.33. The van der Waals surface area contributed by atoms with Gasteiger partial charge in [-0.2, -0.15) is 8.57 Å². The van der Waals surface area contributed by atoms with Gasteiger partial charge in [-0.3, -0.25) is 0 Å². The highest BCUT2D eigenvalue weighted by molar-refractivity contribution is 7.65. The first-order valence-electron chi connectivity index (χ1n) is 3.50. The minimum atomic E-state index is 0.144. The average molecular weight is 213 g/mol. The van der Waals surface area contributed by atoms with Crippen molar-refractivity contribution in [2.75, 3.05) is 0 Å². The van der Waals surface area contributed by atoms with Gasteiger partial charge in [0, 0.05) is 10.9 Å². The Hall–Kier alpha value is -1.07. The molecule has 0 aliphatic carbocycles. The second-order valence-corrected chi connectivity index (χ2v) is 3.20. The SMILES string of the molecule is Cc1ccc(N=S=O)c(C=S=O)c1. The molecule has 0 fully saturated rings. The maximum Gasteiger partial charge on any atom is 0.205 e. The van der Waals surface area contributed by atoms with E-state index in [9.17, 15) is 8.42 Å². The van der Waals surface area contributed by atoms with Crippen LogP contribution in [-0.2, 0) is 22.7 Å². The van der Waals surface area contributed by atoms with E-state index in [2.05, 4.69) is 4.36 Å². The third kappa shape index (κ3) is 2.71. The second-order valence-electron chi connectivity index (χ2n) is 2.44. The van der Waals surface area contributed by atoms with Crippen molar-refractivity contribution in [1.82, 2.24) is 0 Å². The van der Waals surface area contributed by atoms with Gasteiger partial charge in [0.15, 0.2) is 0 Å². The average Bonchev–Trinajstić information content (AvgIpc) is 2.10. The fraction of sp³-hybridized carbons (Fsp3) is 0.125. The van der Waals surface area contributed by atoms with Gasteiger partial charge in [-0.1, -0.05) is 11.6 Å². The first kappa shape index (κ1) is 10.0. The van der Waals surface area contributed by atoms with Crippen molar-refractivity contribution in [3.8, 4) is 0 Å². The number of aryl methyl sites for hydroxylation is 1. The van der Waals surface area contributed by atoms with Crippen LogP contribution in [-0.4, -0.2) is 13.8 Å². The molecule has 0 radical (unpaired) electrons. The smallest absolute Gasteiger partial charge is 0.205 e. The predicted molar refractivity (Wildman–Crippen MR) is 54.7 cm³/mol. The van der Waals surface area contributed by atoms with Crippen LogP contribution in [0.15, 0.2) is 22.6 Å². The summed E-state index contributed by atoms with van der Waals surface area (Å²) in [7, 11) is 0. The molecule has 0 aliphatic rings. The molecule has 0 heterocycles. The summed E-state index contributed by atoms with van der Waals surface area (Å²) in [5, 5.41) is 1.43. The Morgan fingerprint density at radius 2 is 2.15 bits per heavy atom. The molecule has 0 spiro atoms. The highest BCUT2D eigenvalue weighted by atomic mass is 32.1. The summed E-state index contributed by atoms with van der Waals surface area (Å²) in [5.41, 5.74) is 2.28. The maximum absolute atomic E-state index is 10.3. The summed E-state index contributed by atoms with van der Waals surface area (Å²) in [6, 6.07) is 5.39. The van der Waals surface area contributed by atoms with Crippen LogP contribution in [0.1, 0.15) is 11.1 Å². The molecule has 0 atom stereocenters. The van der Waals surface area contributed by atoms with E-state index >= 15 is 0 Å². The van der Waals surface area contributed by atoms with E-state index in [4.69, 9.17) is 0 Å². The fourth-order valence-corrected chi connectivity index (χ4v) is 1.48. The van der Waals surface area contributed by atoms with E-state index in [1.165, 1.54) is 5.37 Å². The lowest BCUT2D eigenvalue weighted by Crippen LogP contribution is -1.83. The predicted octanol–water partition coefficient (Wildman–Crippen LogP) is 1.39. The molecule has 0 bridgehead atoms. The van der Waals surface area contributed by atoms with Gasteiger partial charge in [0.25, 0.3) is 0 Å². The Kier molecular flexibility index (Phi) is 3.72. The molecule has 0 saturated heterocycles. The van der Waals surface area contributed by atoms with Crippen LogP contribution in [0.2, 0.25) is 0 Å². The van der Waals surface area contributed by atoms with Gasteiger partial charge >= 0.3 is 0 Å². The van der Waals surface area contributed by atoms with Crippen LogP contribution in [0.25, 0.3) is 0 Å². The quantitative estimate of drug-likeness (QED) is 0.697. The molecular formula is C8H7NO2S2. The van der Waals surface area contributed by atoms with Crippen molar-refractivity contribution < 1.29 is 8.42 Å². The lowest BCUT2D eigenvalue weighted by molar-refractivity contribution is 0.698. The van der Waals surface area contributed by atoms with Gasteiger partial charge in [-0.25, -0.2) is 4.21 Å². The van der Waals surface area contributed by atoms with Crippen LogP contribution < -0.4 is 0 Å². The van der Waals surface area contributed by atoms with Gasteiger partial charge in [-0.05, 0) is 19.1 Å². The van der Waals surface area contributed by atoms with E-state index < -0.39 is 0 Å². The molecule has 68 valence electrons. The Bertz CT molecular complexity index is 418. The van der Waals surface area contributed by atoms with Crippen molar-refractivity contribution in [2.24, 2.45) is 4.36 Å². The van der Waals surface area contributed by atoms with Gasteiger partial charge in [0.1, 0.15) is 0 Å². The number of hydrogen-bond acceptors (Lipinski definition) is 3. The van der Waals surface area contributed by atoms with Gasteiger partial charge in [0.2, 0.25) is 11.5 Å². The monoisotopic (exact) mass is 213 g/mol. The zero-order valence-corrected chi connectivity index (χ0v) is 8.52. The largest absolute Gasteiger partial charge is 0.212 e. The van der Waals surface area contributed by atoms with Crippen molar-refractivity contribution in [1.29, 1.82) is 0 Å². The third-order valence-electron chi connectivity index (χ3n) is 1.49. The second kappa shape index (κ2) is 4.84. The molecule has 1 aromatic rings. The Morgan fingerprint density at radius 3 is 2.77 bits per heavy atom. The fourth-order valence-electron chi connectivity index (χ4n) is 0.943. The number of rotatable bonds is 2. The molecule has 0 amide bonds. The van der Waals surface area contributed by atoms with Crippen LogP contribution in [0.3, 0.4) is 0 Å². The van der Waals surface area contributed by atoms with Crippen molar-refractivity contribution in [2.45, 2.75) is 6.92 Å². The summed E-state index contributed by atoms with van der Waals surface area (Å²) in [5.74, 6) is 0. The van der Waals surface area contributed by atoms with Crippen LogP contribution in [0, 0.1) is 6.92 Å². The van der Waals surface area contributed by atoms with Gasteiger partial charge < -0.3 is 0 Å². The van der Waals surface area contributed by atoms with E-state index in [1.807, 2.05) is 19.1 Å². The molecule has 0 aliphatic heterocycles. The van der Waals surface area contributed by atoms with Crippen molar-refractivity contribution >= 4 is 33.8 Å². The van der Waals surface area contributed by atoms with E-state index in [0.29, 0.717) is 22.5 Å². The van der Waals surface area contributed by atoms with E-state index in [0.717, 1.165) is 5.56 Å². The molecule has 0 N–H and O–H groups in total. The lowest BCUT2D eigenvalue weighted by Gasteiger charge is -1.97. The molecule has 0 unspecified atom stereocenters. The molecule has 1 rings (SSSR count). The summed E-state index contributed by atoms with van der Waals surface area (Å²) in [6.45, 7) is 1.92. The lowest BCUT2D eigenvalue weighted by atomic mass is 10.1. The minimum absolute atomic E-state index is 0.144. The van der Waals surface area contributed by atoms with Gasteiger partial charge in [-0.15, -0.1) is 0 Å². The van der Waals surface area contributed by atoms with Crippen LogP contribution in [0.5, 0.6) is 0 Å². The first-order chi connectivity index (χ1) is 6.27. The first-order valence-corrected chi connectivity index (χ1v) is 5.01. The highest BCUT2D eigenvalue weighted by Crippen LogP contribution is 2.17. The molecular weight excluding hydrogens is 206 g/mol. The number of benzene rings is 1. The summed E-state index contributed by atoms with van der Waals surface area (Å²) in [6.07, 6.45) is 0. The Labute approximate surface area is 83.1 Å². The zero-order valence-electron chi connectivity index (χ0n) is 6.89. The maximum atomic E-state index is 10.3. The van der Waals surface area contributed by atoms with Gasteiger partial charge in [0.05, 0.1) is 16.9 Å². The van der Waals surface area contributed by atoms with E-state index in [1.54, 1.807) is 6.07 Å². The number of nitrogens with zero attached hydrogens (tertiary/aromatic N) is 1. The molecule has 13 heavy (non-hydrogen) atoms. The van der Waals surface area contributed by atoms with Crippen molar-refractivity contribution in [3.63, 3.8) is 0 Å². The topological polar surface area (TPSA) is 46.5 Å². The molecule has 1 aromatic carbocycles. The third-order valence-corrected chi connectivity index (χ3v) is 2.12. The molecule has 0 saturated carbocycles. The van der Waals surface area contributed by atoms with Crippen molar-refractivity contribution in [3.05, 3.63) is 29.3 Å². The standard InChI is InChI=1S/C8H7NO2S2/c1-6-2-3-8(9-13-11)7(4-6)5-12-10/h2-5H,1H3. The Morgan fingerprint density at radius 1 is 1.38 bits per heavy atom. The van der Waals surface area contributed by atoms with Crippen LogP contribution in [0.4, 0.5) is 5.69 Å². The molecule has 0 aromatic heterocycles. The van der Waals surface area contributed by atoms with Crippen LogP contribution >= 0.6 is 0 Å². The summed E-state index contributed by atoms with van der Waals surface area (Å²) < 4.78 is 24.1. The normalized spacial score (nSPS) is 9.00. The summed E-state index contributed by atoms with van der Waals surface area (Å²) >= 11 is 0.501.